The standard InChI is InChI=1S/C20H25F3N4.C7H7F/c1-11(2)18-17(13-8-15(22)16(23)9-14(13)21)25-19-20(4,5)27(12(3)10-24)7-6-26(18)19;1-6-2-4-7(8)5-3-6/h8-9,11H,3,6-7,10,24H2,1-2,4-5H3;2-5H,1H3. The Labute approximate surface area is 204 Å². The molecule has 2 N–H and O–H groups in total. The Bertz CT molecular complexity index is 1190. The molecule has 0 aliphatic carbocycles. The van der Waals surface area contributed by atoms with E-state index >= 15 is 0 Å². The number of hydrogen-bond donors (Lipinski definition) is 1. The van der Waals surface area contributed by atoms with Crippen LogP contribution in [0.4, 0.5) is 17.6 Å². The highest BCUT2D eigenvalue weighted by molar-refractivity contribution is 5.64. The van der Waals surface area contributed by atoms with Gasteiger partial charge < -0.3 is 15.2 Å². The SMILES string of the molecule is C=C(CN)N1CCn2c(nc(-c3cc(F)c(F)cc3F)c2C(C)C)C1(C)C.Cc1ccc(F)cc1. The third kappa shape index (κ3) is 5.27. The van der Waals surface area contributed by atoms with Crippen molar-refractivity contribution in [2.24, 2.45) is 5.73 Å². The fourth-order valence-corrected chi connectivity index (χ4v) is 4.44. The first kappa shape index (κ1) is 26.5. The minimum atomic E-state index is -1.21. The van der Waals surface area contributed by atoms with Crippen molar-refractivity contribution in [1.82, 2.24) is 14.5 Å². The Balaban J connectivity index is 0.000000363. The van der Waals surface area contributed by atoms with Crippen LogP contribution in [0.5, 0.6) is 0 Å². The monoisotopic (exact) mass is 488 g/mol. The molecule has 8 heteroatoms. The summed E-state index contributed by atoms with van der Waals surface area (Å²) in [5.41, 5.74) is 8.26. The first-order chi connectivity index (χ1) is 16.4. The number of fused-ring (bicyclic) bond motifs is 1. The molecule has 188 valence electrons. The van der Waals surface area contributed by atoms with Gasteiger partial charge in [-0.25, -0.2) is 22.5 Å². The highest BCUT2D eigenvalue weighted by Gasteiger charge is 2.40. The fraction of sp³-hybridized carbons (Fsp3) is 0.370. The molecule has 4 nitrogen and oxygen atoms in total. The molecular formula is C27H32F4N4. The van der Waals surface area contributed by atoms with Crippen molar-refractivity contribution < 1.29 is 17.6 Å². The third-order valence-electron chi connectivity index (χ3n) is 6.22. The quantitative estimate of drug-likeness (QED) is 0.349. The molecule has 0 bridgehead atoms. The number of nitrogens with two attached hydrogens (primary N) is 1. The molecule has 0 saturated carbocycles. The van der Waals surface area contributed by atoms with E-state index in [-0.39, 0.29) is 17.3 Å². The lowest BCUT2D eigenvalue weighted by atomic mass is 9.97. The van der Waals surface area contributed by atoms with E-state index in [9.17, 15) is 17.6 Å². The zero-order chi connectivity index (χ0) is 26.1. The van der Waals surface area contributed by atoms with Gasteiger partial charge in [-0.05, 0) is 44.9 Å². The topological polar surface area (TPSA) is 47.1 Å². The van der Waals surface area contributed by atoms with Crippen LogP contribution in [0, 0.1) is 30.2 Å². The summed E-state index contributed by atoms with van der Waals surface area (Å²) in [4.78, 5) is 6.79. The first-order valence-electron chi connectivity index (χ1n) is 11.5. The highest BCUT2D eigenvalue weighted by atomic mass is 19.2. The zero-order valence-electron chi connectivity index (χ0n) is 20.8. The molecule has 0 spiro atoms. The van der Waals surface area contributed by atoms with Gasteiger partial charge in [0, 0.05) is 42.7 Å². The summed E-state index contributed by atoms with van der Waals surface area (Å²) in [6.07, 6.45) is 0. The molecule has 0 unspecified atom stereocenters. The molecule has 0 fully saturated rings. The molecule has 4 rings (SSSR count). The average molecular weight is 489 g/mol. The van der Waals surface area contributed by atoms with Gasteiger partial charge >= 0.3 is 0 Å². The molecule has 1 aromatic heterocycles. The van der Waals surface area contributed by atoms with E-state index in [1.54, 1.807) is 12.1 Å². The maximum absolute atomic E-state index is 14.5. The van der Waals surface area contributed by atoms with Crippen LogP contribution in [0.15, 0.2) is 48.7 Å². The van der Waals surface area contributed by atoms with Crippen LogP contribution in [0.2, 0.25) is 0 Å². The summed E-state index contributed by atoms with van der Waals surface area (Å²) in [5, 5.41) is 0. The summed E-state index contributed by atoms with van der Waals surface area (Å²) in [6, 6.07) is 7.85. The van der Waals surface area contributed by atoms with Crippen molar-refractivity contribution in [3.8, 4) is 11.3 Å². The molecule has 0 atom stereocenters. The van der Waals surface area contributed by atoms with Crippen molar-refractivity contribution in [2.75, 3.05) is 13.1 Å². The van der Waals surface area contributed by atoms with Crippen molar-refractivity contribution in [3.63, 3.8) is 0 Å². The van der Waals surface area contributed by atoms with E-state index in [2.05, 4.69) is 16.0 Å². The van der Waals surface area contributed by atoms with Gasteiger partial charge in [-0.1, -0.05) is 38.1 Å². The van der Waals surface area contributed by atoms with Crippen LogP contribution in [-0.2, 0) is 12.1 Å². The smallest absolute Gasteiger partial charge is 0.161 e. The summed E-state index contributed by atoms with van der Waals surface area (Å²) >= 11 is 0. The van der Waals surface area contributed by atoms with E-state index in [4.69, 9.17) is 10.7 Å². The Morgan fingerprint density at radius 1 is 1.03 bits per heavy atom. The average Bonchev–Trinajstić information content (AvgIpc) is 3.19. The second kappa shape index (κ2) is 10.2. The number of halogens is 4. The molecule has 2 heterocycles. The molecule has 1 aliphatic heterocycles. The maximum Gasteiger partial charge on any atom is 0.161 e. The summed E-state index contributed by atoms with van der Waals surface area (Å²) in [6.45, 7) is 15.6. The molecule has 35 heavy (non-hydrogen) atoms. The molecule has 0 radical (unpaired) electrons. The third-order valence-corrected chi connectivity index (χ3v) is 6.22. The van der Waals surface area contributed by atoms with Gasteiger partial charge in [-0.15, -0.1) is 0 Å². The van der Waals surface area contributed by atoms with Crippen LogP contribution in [0.1, 0.15) is 50.7 Å². The minimum absolute atomic E-state index is 0.0221. The number of imidazole rings is 1. The maximum atomic E-state index is 14.5. The van der Waals surface area contributed by atoms with Gasteiger partial charge in [0.1, 0.15) is 17.5 Å². The van der Waals surface area contributed by atoms with E-state index in [1.165, 1.54) is 12.1 Å². The lowest BCUT2D eigenvalue weighted by Gasteiger charge is -2.45. The summed E-state index contributed by atoms with van der Waals surface area (Å²) < 4.78 is 55.8. The van der Waals surface area contributed by atoms with Gasteiger partial charge in [0.15, 0.2) is 11.6 Å². The first-order valence-corrected chi connectivity index (χ1v) is 11.5. The van der Waals surface area contributed by atoms with Crippen LogP contribution in [-0.4, -0.2) is 27.5 Å². The second-order valence-corrected chi connectivity index (χ2v) is 9.50. The highest BCUT2D eigenvalue weighted by Crippen LogP contribution is 2.40. The lowest BCUT2D eigenvalue weighted by molar-refractivity contribution is 0.116. The summed E-state index contributed by atoms with van der Waals surface area (Å²) in [5.74, 6) is -2.55. The van der Waals surface area contributed by atoms with Crippen LogP contribution < -0.4 is 5.73 Å². The van der Waals surface area contributed by atoms with Crippen molar-refractivity contribution in [1.29, 1.82) is 0 Å². The van der Waals surface area contributed by atoms with Crippen molar-refractivity contribution in [2.45, 2.75) is 52.6 Å². The van der Waals surface area contributed by atoms with E-state index < -0.39 is 23.0 Å². The fourth-order valence-electron chi connectivity index (χ4n) is 4.44. The number of aromatic nitrogens is 2. The molecular weight excluding hydrogens is 456 g/mol. The van der Waals surface area contributed by atoms with Gasteiger partial charge in [0.05, 0.1) is 11.2 Å². The van der Waals surface area contributed by atoms with Crippen LogP contribution in [0.25, 0.3) is 11.3 Å². The number of aryl methyl sites for hydroxylation is 1. The predicted octanol–water partition coefficient (Wildman–Crippen LogP) is 6.25. The number of benzene rings is 2. The van der Waals surface area contributed by atoms with Crippen molar-refractivity contribution in [3.05, 3.63) is 89.0 Å². The Kier molecular flexibility index (Phi) is 7.74. The number of rotatable bonds is 4. The van der Waals surface area contributed by atoms with Gasteiger partial charge in [0.2, 0.25) is 0 Å². The van der Waals surface area contributed by atoms with Gasteiger partial charge in [-0.2, -0.15) is 0 Å². The van der Waals surface area contributed by atoms with E-state index in [1.807, 2.05) is 34.6 Å². The van der Waals surface area contributed by atoms with E-state index in [0.29, 0.717) is 31.4 Å². The largest absolute Gasteiger partial charge is 0.360 e. The van der Waals surface area contributed by atoms with Crippen LogP contribution in [0.3, 0.4) is 0 Å². The Hall–Kier alpha value is -3.13. The van der Waals surface area contributed by atoms with Crippen molar-refractivity contribution >= 4 is 0 Å². The normalized spacial score (nSPS) is 14.4. The molecule has 2 aromatic carbocycles. The van der Waals surface area contributed by atoms with Gasteiger partial charge in [0.25, 0.3) is 0 Å². The zero-order valence-corrected chi connectivity index (χ0v) is 20.8. The molecule has 1 aliphatic rings. The second-order valence-electron chi connectivity index (χ2n) is 9.50. The summed E-state index contributed by atoms with van der Waals surface area (Å²) in [7, 11) is 0. The Morgan fingerprint density at radius 3 is 2.17 bits per heavy atom. The van der Waals surface area contributed by atoms with E-state index in [0.717, 1.165) is 28.8 Å². The number of hydrogen-bond acceptors (Lipinski definition) is 3. The predicted molar refractivity (Wildman–Crippen MR) is 131 cm³/mol. The molecule has 0 saturated heterocycles. The molecule has 0 amide bonds. The Morgan fingerprint density at radius 2 is 1.63 bits per heavy atom. The minimum Gasteiger partial charge on any atom is -0.360 e. The molecule has 3 aromatic rings. The number of nitrogens with zero attached hydrogens (tertiary/aromatic N) is 3. The van der Waals surface area contributed by atoms with Crippen LogP contribution >= 0.6 is 0 Å². The van der Waals surface area contributed by atoms with Gasteiger partial charge in [-0.3, -0.25) is 0 Å². The lowest BCUT2D eigenvalue weighted by Crippen LogP contribution is -2.49.